The molecular formula is C12H13NO4. The zero-order chi connectivity index (χ0) is 12.2. The van der Waals surface area contributed by atoms with Gasteiger partial charge in [-0.25, -0.2) is 4.79 Å². The highest BCUT2D eigenvalue weighted by molar-refractivity contribution is 5.98. The van der Waals surface area contributed by atoms with Crippen LogP contribution in [-0.4, -0.2) is 47.7 Å². The maximum Gasteiger partial charge on any atom is 0.410 e. The van der Waals surface area contributed by atoms with Crippen LogP contribution in [0.5, 0.6) is 0 Å². The van der Waals surface area contributed by atoms with Gasteiger partial charge in [0, 0.05) is 0 Å². The number of fused-ring (bicyclic) bond motifs is 2. The molecule has 0 radical (unpaired) electrons. The van der Waals surface area contributed by atoms with E-state index in [2.05, 4.69) is 6.58 Å². The van der Waals surface area contributed by atoms with Crippen molar-refractivity contribution in [1.82, 2.24) is 4.90 Å². The lowest BCUT2D eigenvalue weighted by Crippen LogP contribution is -2.45. The number of amides is 1. The fraction of sp³-hybridized carbons (Fsp3) is 0.500. The van der Waals surface area contributed by atoms with Crippen LogP contribution >= 0.6 is 0 Å². The second kappa shape index (κ2) is 3.43. The summed E-state index contributed by atoms with van der Waals surface area (Å²) in [6.07, 6.45) is 1.96. The first-order chi connectivity index (χ1) is 8.09. The topological polar surface area (TPSA) is 55.8 Å². The smallest absolute Gasteiger partial charge is 0.410 e. The minimum absolute atomic E-state index is 0.0179. The van der Waals surface area contributed by atoms with Crippen molar-refractivity contribution in [3.05, 3.63) is 24.3 Å². The molecule has 17 heavy (non-hydrogen) atoms. The van der Waals surface area contributed by atoms with Crippen LogP contribution < -0.4 is 0 Å². The first-order valence-electron chi connectivity index (χ1n) is 5.61. The Bertz CT molecular complexity index is 442. The molecular weight excluding hydrogens is 222 g/mol. The van der Waals surface area contributed by atoms with Gasteiger partial charge in [0.05, 0.1) is 12.1 Å². The fourth-order valence-corrected chi connectivity index (χ4v) is 2.61. The molecule has 0 unspecified atom stereocenters. The van der Waals surface area contributed by atoms with Gasteiger partial charge in [-0.15, -0.1) is 0 Å². The second-order valence-corrected chi connectivity index (χ2v) is 4.60. The molecule has 0 spiro atoms. The number of carbonyl (C=O) groups is 2. The number of ketones is 1. The Balaban J connectivity index is 1.95. The summed E-state index contributed by atoms with van der Waals surface area (Å²) >= 11 is 0. The second-order valence-electron chi connectivity index (χ2n) is 4.60. The largest absolute Gasteiger partial charge is 0.447 e. The fourth-order valence-electron chi connectivity index (χ4n) is 2.61. The third kappa shape index (κ3) is 1.35. The van der Waals surface area contributed by atoms with Gasteiger partial charge in [-0.05, 0) is 24.6 Å². The number of hydrogen-bond donors (Lipinski definition) is 0. The van der Waals surface area contributed by atoms with Gasteiger partial charge in [0.2, 0.25) is 0 Å². The van der Waals surface area contributed by atoms with Crippen LogP contribution in [0.2, 0.25) is 0 Å². The molecule has 3 aliphatic rings. The van der Waals surface area contributed by atoms with E-state index >= 15 is 0 Å². The highest BCUT2D eigenvalue weighted by atomic mass is 16.6. The molecule has 2 fully saturated rings. The summed E-state index contributed by atoms with van der Waals surface area (Å²) in [5.74, 6) is -0.103. The van der Waals surface area contributed by atoms with Crippen LogP contribution in [0, 0.1) is 0 Å². The third-order valence-corrected chi connectivity index (χ3v) is 3.46. The van der Waals surface area contributed by atoms with Gasteiger partial charge in [0.1, 0.15) is 18.8 Å². The first-order valence-corrected chi connectivity index (χ1v) is 5.61. The molecule has 0 aromatic carbocycles. The Morgan fingerprint density at radius 1 is 1.47 bits per heavy atom. The molecule has 0 aliphatic carbocycles. The molecule has 0 aromatic rings. The van der Waals surface area contributed by atoms with Gasteiger partial charge in [-0.3, -0.25) is 9.69 Å². The number of carbonyl (C=O) groups excluding carboxylic acids is 2. The van der Waals surface area contributed by atoms with Gasteiger partial charge < -0.3 is 9.47 Å². The van der Waals surface area contributed by atoms with Crippen molar-refractivity contribution in [3.63, 3.8) is 0 Å². The van der Waals surface area contributed by atoms with Gasteiger partial charge in [0.15, 0.2) is 5.78 Å². The van der Waals surface area contributed by atoms with Crippen LogP contribution in [-0.2, 0) is 14.3 Å². The molecule has 3 rings (SSSR count). The molecule has 5 heteroatoms. The maximum absolute atomic E-state index is 11.7. The van der Waals surface area contributed by atoms with E-state index in [0.29, 0.717) is 12.2 Å². The monoisotopic (exact) mass is 235 g/mol. The number of rotatable bonds is 1. The van der Waals surface area contributed by atoms with Crippen molar-refractivity contribution in [2.45, 2.75) is 31.2 Å². The summed E-state index contributed by atoms with van der Waals surface area (Å²) in [4.78, 5) is 24.9. The summed E-state index contributed by atoms with van der Waals surface area (Å²) in [7, 11) is 0. The SMILES string of the molecule is C=C1[C@H]2O[C@H](C=CC2=O)[C@@H]1N1C(=O)OC[C@H]1C. The summed E-state index contributed by atoms with van der Waals surface area (Å²) in [5, 5.41) is 0. The molecule has 0 saturated carbocycles. The quantitative estimate of drug-likeness (QED) is 0.626. The maximum atomic E-state index is 11.7. The Kier molecular flexibility index (Phi) is 2.13. The van der Waals surface area contributed by atoms with Crippen LogP contribution in [0.1, 0.15) is 6.92 Å². The van der Waals surface area contributed by atoms with Crippen LogP contribution in [0.15, 0.2) is 24.3 Å². The molecule has 0 N–H and O–H groups in total. The Hall–Kier alpha value is -1.62. The molecule has 5 nitrogen and oxygen atoms in total. The molecule has 90 valence electrons. The van der Waals surface area contributed by atoms with Crippen molar-refractivity contribution < 1.29 is 19.1 Å². The van der Waals surface area contributed by atoms with Crippen LogP contribution in [0.4, 0.5) is 4.79 Å². The van der Waals surface area contributed by atoms with Crippen molar-refractivity contribution >= 4 is 11.9 Å². The molecule has 1 amide bonds. The van der Waals surface area contributed by atoms with Gasteiger partial charge in [-0.1, -0.05) is 6.58 Å². The van der Waals surface area contributed by atoms with Gasteiger partial charge >= 0.3 is 6.09 Å². The van der Waals surface area contributed by atoms with Gasteiger partial charge in [-0.2, -0.15) is 0 Å². The van der Waals surface area contributed by atoms with E-state index in [-0.39, 0.29) is 30.1 Å². The minimum atomic E-state index is -0.601. The molecule has 2 saturated heterocycles. The Morgan fingerprint density at radius 2 is 2.24 bits per heavy atom. The molecule has 4 atom stereocenters. The highest BCUT2D eigenvalue weighted by Gasteiger charge is 2.50. The van der Waals surface area contributed by atoms with E-state index in [4.69, 9.17) is 9.47 Å². The van der Waals surface area contributed by atoms with Crippen molar-refractivity contribution in [2.24, 2.45) is 0 Å². The lowest BCUT2D eigenvalue weighted by Gasteiger charge is -2.28. The number of ether oxygens (including phenoxy) is 2. The zero-order valence-corrected chi connectivity index (χ0v) is 9.46. The summed E-state index contributed by atoms with van der Waals surface area (Å²) in [5.41, 5.74) is 0.649. The average Bonchev–Trinajstić information content (AvgIpc) is 2.75. The standard InChI is InChI=1S/C12H13NO4/c1-6-5-16-12(15)13(6)10-7(2)11-8(14)3-4-9(10)17-11/h3-4,6,9-11H,2,5H2,1H3/t6-,9-,10-,11-/m1/s1. The summed E-state index contributed by atoms with van der Waals surface area (Å²) in [6, 6.07) is -0.302. The van der Waals surface area contributed by atoms with Crippen molar-refractivity contribution in [1.29, 1.82) is 0 Å². The van der Waals surface area contributed by atoms with E-state index in [9.17, 15) is 9.59 Å². The van der Waals surface area contributed by atoms with Crippen LogP contribution in [0.25, 0.3) is 0 Å². The number of nitrogens with zero attached hydrogens (tertiary/aromatic N) is 1. The third-order valence-electron chi connectivity index (χ3n) is 3.46. The number of cyclic esters (lactones) is 1. The summed E-state index contributed by atoms with van der Waals surface area (Å²) in [6.45, 7) is 6.19. The van der Waals surface area contributed by atoms with Crippen molar-refractivity contribution in [2.75, 3.05) is 6.61 Å². The molecule has 3 heterocycles. The molecule has 3 aliphatic heterocycles. The highest BCUT2D eigenvalue weighted by Crippen LogP contribution is 2.36. The predicted molar refractivity (Wildman–Crippen MR) is 58.4 cm³/mol. The number of hydrogen-bond acceptors (Lipinski definition) is 4. The predicted octanol–water partition coefficient (Wildman–Crippen LogP) is 0.658. The molecule has 0 aromatic heterocycles. The average molecular weight is 235 g/mol. The normalized spacial score (nSPS) is 40.1. The van der Waals surface area contributed by atoms with E-state index in [1.807, 2.05) is 6.92 Å². The Morgan fingerprint density at radius 3 is 2.82 bits per heavy atom. The van der Waals surface area contributed by atoms with Gasteiger partial charge in [0.25, 0.3) is 0 Å². The van der Waals surface area contributed by atoms with E-state index in [1.54, 1.807) is 11.0 Å². The minimum Gasteiger partial charge on any atom is -0.447 e. The Labute approximate surface area is 98.7 Å². The zero-order valence-electron chi connectivity index (χ0n) is 9.46. The first kappa shape index (κ1) is 10.5. The van der Waals surface area contributed by atoms with E-state index in [1.165, 1.54) is 6.08 Å². The van der Waals surface area contributed by atoms with E-state index < -0.39 is 6.10 Å². The van der Waals surface area contributed by atoms with Crippen LogP contribution in [0.3, 0.4) is 0 Å². The van der Waals surface area contributed by atoms with E-state index in [0.717, 1.165) is 0 Å². The lowest BCUT2D eigenvalue weighted by atomic mass is 10.0. The van der Waals surface area contributed by atoms with Crippen molar-refractivity contribution in [3.8, 4) is 0 Å². The molecule has 2 bridgehead atoms. The lowest BCUT2D eigenvalue weighted by molar-refractivity contribution is -0.124. The summed E-state index contributed by atoms with van der Waals surface area (Å²) < 4.78 is 10.6.